The lowest BCUT2D eigenvalue weighted by Crippen LogP contribution is -2.45. The van der Waals surface area contributed by atoms with Crippen LogP contribution in [0.5, 0.6) is 0 Å². The molecule has 1 aliphatic rings. The van der Waals surface area contributed by atoms with E-state index in [1.165, 1.54) is 12.1 Å². The Labute approximate surface area is 134 Å². The molecular formula is C14H19Cl2F3N2. The molecule has 21 heavy (non-hydrogen) atoms. The van der Waals surface area contributed by atoms with Crippen molar-refractivity contribution in [2.45, 2.75) is 25.6 Å². The van der Waals surface area contributed by atoms with Gasteiger partial charge in [-0.15, -0.1) is 12.4 Å². The maximum absolute atomic E-state index is 13.2. The Balaban J connectivity index is 0.00000220. The summed E-state index contributed by atoms with van der Waals surface area (Å²) in [4.78, 5) is 2.11. The van der Waals surface area contributed by atoms with Gasteiger partial charge in [0.1, 0.15) is 0 Å². The minimum Gasteiger partial charge on any atom is -0.314 e. The Morgan fingerprint density at radius 1 is 1.29 bits per heavy atom. The second-order valence-corrected chi connectivity index (χ2v) is 5.38. The summed E-state index contributed by atoms with van der Waals surface area (Å²) in [6.07, 6.45) is -3.73. The zero-order valence-electron chi connectivity index (χ0n) is 11.7. The molecule has 1 N–H and O–H groups in total. The zero-order chi connectivity index (χ0) is 14.8. The van der Waals surface area contributed by atoms with Crippen LogP contribution in [0, 0.1) is 0 Å². The van der Waals surface area contributed by atoms with Gasteiger partial charge >= 0.3 is 6.18 Å². The lowest BCUT2D eigenvalue weighted by molar-refractivity contribution is -0.138. The summed E-state index contributed by atoms with van der Waals surface area (Å²) >= 11 is 5.73. The molecule has 1 aromatic rings. The van der Waals surface area contributed by atoms with Gasteiger partial charge in [-0.1, -0.05) is 24.6 Å². The number of hydrogen-bond acceptors (Lipinski definition) is 2. The van der Waals surface area contributed by atoms with E-state index in [1.807, 2.05) is 6.92 Å². The molecule has 0 bridgehead atoms. The second-order valence-electron chi connectivity index (χ2n) is 4.94. The largest absolute Gasteiger partial charge is 0.416 e. The molecule has 1 heterocycles. The molecule has 0 aliphatic carbocycles. The minimum absolute atomic E-state index is 0. The van der Waals surface area contributed by atoms with Gasteiger partial charge in [0.25, 0.3) is 0 Å². The first kappa shape index (κ1) is 18.6. The molecule has 7 heteroatoms. The fourth-order valence-electron chi connectivity index (χ4n) is 2.73. The van der Waals surface area contributed by atoms with E-state index in [9.17, 15) is 13.2 Å². The molecule has 2 nitrogen and oxygen atoms in total. The third kappa shape index (κ3) is 4.49. The first-order chi connectivity index (χ1) is 9.43. The number of rotatable bonds is 3. The molecule has 1 fully saturated rings. The van der Waals surface area contributed by atoms with E-state index < -0.39 is 11.7 Å². The van der Waals surface area contributed by atoms with E-state index >= 15 is 0 Å². The summed E-state index contributed by atoms with van der Waals surface area (Å²) in [5.41, 5.74) is -0.290. The summed E-state index contributed by atoms with van der Waals surface area (Å²) < 4.78 is 39.6. The average Bonchev–Trinajstić information content (AvgIpc) is 2.41. The monoisotopic (exact) mass is 342 g/mol. The van der Waals surface area contributed by atoms with Crippen molar-refractivity contribution >= 4 is 24.0 Å². The number of nitrogens with one attached hydrogen (secondary N) is 1. The van der Waals surface area contributed by atoms with Gasteiger partial charge in [0, 0.05) is 37.2 Å². The smallest absolute Gasteiger partial charge is 0.314 e. The molecule has 1 saturated heterocycles. The first-order valence-electron chi connectivity index (χ1n) is 6.75. The Morgan fingerprint density at radius 2 is 1.90 bits per heavy atom. The van der Waals surface area contributed by atoms with Crippen LogP contribution in [0.2, 0.25) is 5.02 Å². The van der Waals surface area contributed by atoms with Crippen molar-refractivity contribution in [3.63, 3.8) is 0 Å². The van der Waals surface area contributed by atoms with Gasteiger partial charge in [-0.05, 0) is 24.1 Å². The maximum atomic E-state index is 13.2. The minimum atomic E-state index is -4.37. The highest BCUT2D eigenvalue weighted by Gasteiger charge is 2.36. The number of alkyl halides is 3. The molecule has 120 valence electrons. The summed E-state index contributed by atoms with van der Waals surface area (Å²) in [6.45, 7) is 5.06. The Morgan fingerprint density at radius 3 is 2.43 bits per heavy atom. The van der Waals surface area contributed by atoms with Gasteiger partial charge in [-0.2, -0.15) is 13.2 Å². The van der Waals surface area contributed by atoms with Gasteiger partial charge in [0.05, 0.1) is 5.56 Å². The van der Waals surface area contributed by atoms with Crippen LogP contribution in [0.1, 0.15) is 30.5 Å². The molecule has 1 aliphatic heterocycles. The van der Waals surface area contributed by atoms with Crippen LogP contribution in [-0.2, 0) is 6.18 Å². The Kier molecular flexibility index (Phi) is 6.78. The van der Waals surface area contributed by atoms with Crippen LogP contribution in [0.15, 0.2) is 18.2 Å². The molecule has 0 saturated carbocycles. The van der Waals surface area contributed by atoms with Crippen molar-refractivity contribution in [2.75, 3.05) is 26.2 Å². The standard InChI is InChI=1S/C14H18ClF3N2.ClH/c1-2-13(20-7-5-19-6-8-20)11-4-3-10(15)9-12(11)14(16,17)18;/h3-4,9,13,19H,2,5-8H2,1H3;1H/t13-;/m1./s1. The van der Waals surface area contributed by atoms with E-state index in [4.69, 9.17) is 11.6 Å². The molecule has 0 unspecified atom stereocenters. The van der Waals surface area contributed by atoms with Crippen LogP contribution in [0.3, 0.4) is 0 Å². The Hall–Kier alpha value is -0.490. The van der Waals surface area contributed by atoms with Crippen molar-refractivity contribution in [3.8, 4) is 0 Å². The molecule has 1 atom stereocenters. The number of halogens is 5. The predicted octanol–water partition coefficient (Wildman–Crippen LogP) is 4.14. The van der Waals surface area contributed by atoms with Gasteiger partial charge < -0.3 is 5.32 Å². The normalized spacial score (nSPS) is 18.1. The van der Waals surface area contributed by atoms with E-state index in [-0.39, 0.29) is 23.5 Å². The predicted molar refractivity (Wildman–Crippen MR) is 81.2 cm³/mol. The average molecular weight is 343 g/mol. The highest BCUT2D eigenvalue weighted by atomic mass is 35.5. The van der Waals surface area contributed by atoms with E-state index in [1.54, 1.807) is 0 Å². The summed E-state index contributed by atoms with van der Waals surface area (Å²) in [7, 11) is 0. The number of benzene rings is 1. The highest BCUT2D eigenvalue weighted by molar-refractivity contribution is 6.30. The van der Waals surface area contributed by atoms with Crippen molar-refractivity contribution in [2.24, 2.45) is 0 Å². The van der Waals surface area contributed by atoms with E-state index in [2.05, 4.69) is 10.2 Å². The third-order valence-electron chi connectivity index (χ3n) is 3.66. The van der Waals surface area contributed by atoms with Gasteiger partial charge in [0.15, 0.2) is 0 Å². The molecule has 1 aromatic carbocycles. The summed E-state index contributed by atoms with van der Waals surface area (Å²) in [5.74, 6) is 0. The van der Waals surface area contributed by atoms with E-state index in [0.717, 1.165) is 32.2 Å². The molecule has 2 rings (SSSR count). The Bertz CT molecular complexity index is 460. The van der Waals surface area contributed by atoms with Gasteiger partial charge in [-0.25, -0.2) is 0 Å². The fourth-order valence-corrected chi connectivity index (χ4v) is 2.91. The lowest BCUT2D eigenvalue weighted by Gasteiger charge is -2.35. The van der Waals surface area contributed by atoms with E-state index in [0.29, 0.717) is 12.0 Å². The molecule has 0 aromatic heterocycles. The second kappa shape index (κ2) is 7.68. The number of nitrogens with zero attached hydrogens (tertiary/aromatic N) is 1. The van der Waals surface area contributed by atoms with Crippen molar-refractivity contribution in [3.05, 3.63) is 34.3 Å². The SMILES string of the molecule is CC[C@H](c1ccc(Cl)cc1C(F)(F)F)N1CCNCC1.Cl. The van der Waals surface area contributed by atoms with Crippen molar-refractivity contribution in [1.82, 2.24) is 10.2 Å². The molecule has 0 radical (unpaired) electrons. The molecule has 0 amide bonds. The molecule has 0 spiro atoms. The first-order valence-corrected chi connectivity index (χ1v) is 7.12. The fraction of sp³-hybridized carbons (Fsp3) is 0.571. The summed E-state index contributed by atoms with van der Waals surface area (Å²) in [5, 5.41) is 3.34. The van der Waals surface area contributed by atoms with Gasteiger partial charge in [0.2, 0.25) is 0 Å². The third-order valence-corrected chi connectivity index (χ3v) is 3.89. The van der Waals surface area contributed by atoms with Crippen molar-refractivity contribution in [1.29, 1.82) is 0 Å². The molecular weight excluding hydrogens is 324 g/mol. The summed E-state index contributed by atoms with van der Waals surface area (Å²) in [6, 6.07) is 3.87. The van der Waals surface area contributed by atoms with Gasteiger partial charge in [-0.3, -0.25) is 4.90 Å². The maximum Gasteiger partial charge on any atom is 0.416 e. The lowest BCUT2D eigenvalue weighted by atomic mass is 9.96. The van der Waals surface area contributed by atoms with Crippen LogP contribution >= 0.6 is 24.0 Å². The van der Waals surface area contributed by atoms with Crippen LogP contribution in [0.25, 0.3) is 0 Å². The highest BCUT2D eigenvalue weighted by Crippen LogP contribution is 2.38. The van der Waals surface area contributed by atoms with Crippen LogP contribution < -0.4 is 5.32 Å². The van der Waals surface area contributed by atoms with Crippen molar-refractivity contribution < 1.29 is 13.2 Å². The number of piperazine rings is 1. The van der Waals surface area contributed by atoms with Crippen LogP contribution in [0.4, 0.5) is 13.2 Å². The van der Waals surface area contributed by atoms with Crippen LogP contribution in [-0.4, -0.2) is 31.1 Å². The topological polar surface area (TPSA) is 15.3 Å². The quantitative estimate of drug-likeness (QED) is 0.888. The zero-order valence-corrected chi connectivity index (χ0v) is 13.3. The number of hydrogen-bond donors (Lipinski definition) is 1.